The summed E-state index contributed by atoms with van der Waals surface area (Å²) in [5, 5.41) is 13.6. The largest absolute Gasteiger partial charge is 0.387 e. The Kier molecular flexibility index (Phi) is 2.10. The molecule has 2 bridgehead atoms. The standard InChI is InChI=1S/C13H16FNO/c1-13-6-8(7-13)11(15-13)12(16)9-4-2-3-5-10(9)14/h2-5,8,11-12,15-16H,6-7H2,1H3/t8?,11?,12-,13?/m0/s1. The summed E-state index contributed by atoms with van der Waals surface area (Å²) in [6.07, 6.45) is 1.47. The van der Waals surface area contributed by atoms with Crippen LogP contribution in [0.3, 0.4) is 0 Å². The topological polar surface area (TPSA) is 32.3 Å². The van der Waals surface area contributed by atoms with Crippen LogP contribution in [0.4, 0.5) is 4.39 Å². The number of hydrogen-bond donors (Lipinski definition) is 2. The highest BCUT2D eigenvalue weighted by Gasteiger charge is 2.54. The van der Waals surface area contributed by atoms with Gasteiger partial charge in [0, 0.05) is 17.1 Å². The summed E-state index contributed by atoms with van der Waals surface area (Å²) in [5.74, 6) is 0.186. The highest BCUT2D eigenvalue weighted by molar-refractivity contribution is 5.24. The Morgan fingerprint density at radius 3 is 2.69 bits per heavy atom. The molecular formula is C13H16FNO. The zero-order valence-electron chi connectivity index (χ0n) is 9.28. The number of halogens is 1. The number of benzene rings is 1. The molecule has 1 unspecified atom stereocenters. The van der Waals surface area contributed by atoms with Gasteiger partial charge in [-0.2, -0.15) is 0 Å². The minimum Gasteiger partial charge on any atom is -0.387 e. The second-order valence-electron chi connectivity index (χ2n) is 5.37. The first-order chi connectivity index (χ1) is 7.59. The summed E-state index contributed by atoms with van der Waals surface area (Å²) >= 11 is 0. The van der Waals surface area contributed by atoms with Crippen LogP contribution in [0.5, 0.6) is 0 Å². The van der Waals surface area contributed by atoms with E-state index >= 15 is 0 Å². The van der Waals surface area contributed by atoms with E-state index in [4.69, 9.17) is 0 Å². The molecule has 1 saturated carbocycles. The average Bonchev–Trinajstić information content (AvgIpc) is 2.71. The Balaban J connectivity index is 1.84. The molecule has 0 aromatic heterocycles. The van der Waals surface area contributed by atoms with Crippen molar-refractivity contribution in [3.8, 4) is 0 Å². The predicted octanol–water partition coefficient (Wildman–Crippen LogP) is 2.00. The van der Waals surface area contributed by atoms with E-state index in [9.17, 15) is 9.50 Å². The zero-order valence-corrected chi connectivity index (χ0v) is 9.28. The molecule has 3 aliphatic rings. The number of hydrogen-bond acceptors (Lipinski definition) is 2. The molecule has 86 valence electrons. The average molecular weight is 221 g/mol. The van der Waals surface area contributed by atoms with Crippen molar-refractivity contribution in [2.75, 3.05) is 0 Å². The van der Waals surface area contributed by atoms with Gasteiger partial charge in [0.2, 0.25) is 0 Å². The molecule has 2 nitrogen and oxygen atoms in total. The lowest BCUT2D eigenvalue weighted by Gasteiger charge is -2.33. The number of aliphatic hydroxyl groups is 1. The molecule has 0 radical (unpaired) electrons. The fourth-order valence-electron chi connectivity index (χ4n) is 3.23. The summed E-state index contributed by atoms with van der Waals surface area (Å²) in [5.41, 5.74) is 0.595. The maximum atomic E-state index is 13.5. The van der Waals surface area contributed by atoms with Crippen LogP contribution in [-0.4, -0.2) is 16.7 Å². The monoisotopic (exact) mass is 221 g/mol. The first-order valence-electron chi connectivity index (χ1n) is 5.79. The van der Waals surface area contributed by atoms with Crippen LogP contribution < -0.4 is 5.32 Å². The molecule has 4 rings (SSSR count). The second kappa shape index (κ2) is 3.28. The van der Waals surface area contributed by atoms with Crippen molar-refractivity contribution in [2.24, 2.45) is 5.92 Å². The van der Waals surface area contributed by atoms with Gasteiger partial charge in [-0.15, -0.1) is 0 Å². The van der Waals surface area contributed by atoms with Crippen LogP contribution >= 0.6 is 0 Å². The van der Waals surface area contributed by atoms with Crippen molar-refractivity contribution >= 4 is 0 Å². The SMILES string of the molecule is CC12CC(C1)C([C@@H](O)c1ccccc1F)N2. The van der Waals surface area contributed by atoms with Gasteiger partial charge in [-0.25, -0.2) is 4.39 Å². The third-order valence-corrected chi connectivity index (χ3v) is 4.01. The van der Waals surface area contributed by atoms with E-state index in [-0.39, 0.29) is 17.4 Å². The van der Waals surface area contributed by atoms with Crippen molar-refractivity contribution in [1.29, 1.82) is 0 Å². The lowest BCUT2D eigenvalue weighted by Crippen LogP contribution is -2.40. The molecule has 2 N–H and O–H groups in total. The molecule has 2 heterocycles. The molecule has 3 fully saturated rings. The molecule has 16 heavy (non-hydrogen) atoms. The molecule has 2 aliphatic heterocycles. The minimum absolute atomic E-state index is 0.0156. The van der Waals surface area contributed by atoms with E-state index in [1.54, 1.807) is 18.2 Å². The van der Waals surface area contributed by atoms with Crippen LogP contribution in [0.1, 0.15) is 31.4 Å². The first-order valence-corrected chi connectivity index (χ1v) is 5.79. The Labute approximate surface area is 94.5 Å². The highest BCUT2D eigenvalue weighted by Crippen LogP contribution is 2.50. The Morgan fingerprint density at radius 2 is 2.12 bits per heavy atom. The van der Waals surface area contributed by atoms with E-state index < -0.39 is 6.10 Å². The number of nitrogens with one attached hydrogen (secondary N) is 1. The Morgan fingerprint density at radius 1 is 1.44 bits per heavy atom. The van der Waals surface area contributed by atoms with Crippen molar-refractivity contribution in [2.45, 2.75) is 37.5 Å². The third-order valence-electron chi connectivity index (χ3n) is 4.01. The van der Waals surface area contributed by atoms with E-state index in [1.807, 2.05) is 0 Å². The molecule has 2 saturated heterocycles. The van der Waals surface area contributed by atoms with Gasteiger partial charge in [0.1, 0.15) is 5.82 Å². The summed E-state index contributed by atoms with van der Waals surface area (Å²) in [6.45, 7) is 2.16. The van der Waals surface area contributed by atoms with E-state index in [0.717, 1.165) is 12.8 Å². The summed E-state index contributed by atoms with van der Waals surface area (Å²) in [4.78, 5) is 0. The van der Waals surface area contributed by atoms with Gasteiger partial charge >= 0.3 is 0 Å². The lowest BCUT2D eigenvalue weighted by atomic mass is 9.72. The molecule has 1 aromatic rings. The van der Waals surface area contributed by atoms with Gasteiger partial charge in [0.25, 0.3) is 0 Å². The minimum atomic E-state index is -0.726. The van der Waals surface area contributed by atoms with Gasteiger partial charge < -0.3 is 10.4 Å². The second-order valence-corrected chi connectivity index (χ2v) is 5.37. The maximum Gasteiger partial charge on any atom is 0.129 e. The third kappa shape index (κ3) is 1.39. The molecule has 0 spiro atoms. The zero-order chi connectivity index (χ0) is 11.3. The van der Waals surface area contributed by atoms with E-state index in [2.05, 4.69) is 12.2 Å². The van der Waals surface area contributed by atoms with Crippen LogP contribution in [0.15, 0.2) is 24.3 Å². The number of aliphatic hydroxyl groups excluding tert-OH is 1. The van der Waals surface area contributed by atoms with Gasteiger partial charge in [-0.3, -0.25) is 0 Å². The van der Waals surface area contributed by atoms with E-state index in [0.29, 0.717) is 11.5 Å². The normalized spacial score (nSPS) is 38.2. The fourth-order valence-corrected chi connectivity index (χ4v) is 3.23. The summed E-state index contributed by atoms with van der Waals surface area (Å²) in [7, 11) is 0. The quantitative estimate of drug-likeness (QED) is 0.800. The van der Waals surface area contributed by atoms with Crippen molar-refractivity contribution in [3.63, 3.8) is 0 Å². The van der Waals surface area contributed by atoms with Crippen LogP contribution in [0, 0.1) is 11.7 Å². The molecule has 2 atom stereocenters. The molecular weight excluding hydrogens is 205 g/mol. The van der Waals surface area contributed by atoms with Crippen molar-refractivity contribution < 1.29 is 9.50 Å². The smallest absolute Gasteiger partial charge is 0.129 e. The van der Waals surface area contributed by atoms with Crippen molar-refractivity contribution in [1.82, 2.24) is 5.32 Å². The molecule has 1 aromatic carbocycles. The van der Waals surface area contributed by atoms with Crippen LogP contribution in [-0.2, 0) is 0 Å². The molecule has 3 heteroatoms. The summed E-state index contributed by atoms with van der Waals surface area (Å²) in [6, 6.07) is 6.50. The molecule has 1 aliphatic carbocycles. The van der Waals surface area contributed by atoms with Crippen LogP contribution in [0.2, 0.25) is 0 Å². The number of fused-ring (bicyclic) bond motifs is 1. The van der Waals surface area contributed by atoms with Gasteiger partial charge in [0.15, 0.2) is 0 Å². The highest BCUT2D eigenvalue weighted by atomic mass is 19.1. The Bertz CT molecular complexity index is 414. The maximum absolute atomic E-state index is 13.5. The fraction of sp³-hybridized carbons (Fsp3) is 0.538. The predicted molar refractivity (Wildman–Crippen MR) is 59.4 cm³/mol. The Hall–Kier alpha value is -0.930. The first kappa shape index (κ1) is 10.2. The summed E-state index contributed by atoms with van der Waals surface area (Å²) < 4.78 is 13.5. The van der Waals surface area contributed by atoms with E-state index in [1.165, 1.54) is 6.07 Å². The van der Waals surface area contributed by atoms with Crippen molar-refractivity contribution in [3.05, 3.63) is 35.6 Å². The number of rotatable bonds is 2. The van der Waals surface area contributed by atoms with Gasteiger partial charge in [-0.05, 0) is 31.7 Å². The lowest BCUT2D eigenvalue weighted by molar-refractivity contribution is 0.118. The molecule has 0 amide bonds. The van der Waals surface area contributed by atoms with Crippen LogP contribution in [0.25, 0.3) is 0 Å². The van der Waals surface area contributed by atoms with Gasteiger partial charge in [0.05, 0.1) is 6.10 Å². The van der Waals surface area contributed by atoms with Gasteiger partial charge in [-0.1, -0.05) is 18.2 Å².